The van der Waals surface area contributed by atoms with Gasteiger partial charge in [0.25, 0.3) is 0 Å². The molecule has 0 spiro atoms. The van der Waals surface area contributed by atoms with Crippen LogP contribution in [0, 0.1) is 9.62 Å². The number of halogens is 1. The Labute approximate surface area is 253 Å². The third-order valence-electron chi connectivity index (χ3n) is 7.78. The van der Waals surface area contributed by atoms with Gasteiger partial charge >= 0.3 is 0 Å². The first-order chi connectivity index (χ1) is 19.3. The minimum absolute atomic E-state index is 0.363. The zero-order valence-corrected chi connectivity index (χ0v) is 26.8. The third-order valence-corrected chi connectivity index (χ3v) is 8.57. The third kappa shape index (κ3) is 5.67. The average Bonchev–Trinajstić information content (AvgIpc) is 3.55. The quantitative estimate of drug-likeness (QED) is 0.167. The fourth-order valence-electron chi connectivity index (χ4n) is 5.29. The molecule has 2 unspecified atom stereocenters. The first-order valence-electron chi connectivity index (χ1n) is 13.7. The van der Waals surface area contributed by atoms with Crippen LogP contribution in [0.2, 0.25) is 0 Å². The Morgan fingerprint density at radius 1 is 0.927 bits per heavy atom. The number of aryl methyl sites for hydroxylation is 2. The fourth-order valence-corrected chi connectivity index (χ4v) is 6.07. The van der Waals surface area contributed by atoms with Gasteiger partial charge in [0.15, 0.2) is 5.82 Å². The molecule has 0 amide bonds. The molecule has 41 heavy (non-hydrogen) atoms. The molecule has 0 fully saturated rings. The highest BCUT2D eigenvalue weighted by Crippen LogP contribution is 2.37. The van der Waals surface area contributed by atoms with Gasteiger partial charge in [-0.15, -0.1) is 0 Å². The van der Waals surface area contributed by atoms with Crippen molar-refractivity contribution in [3.05, 3.63) is 57.4 Å². The Morgan fingerprint density at radius 3 is 2.07 bits per heavy atom. The molecular weight excluding hydrogens is 633 g/mol. The van der Waals surface area contributed by atoms with Crippen LogP contribution in [-0.2, 0) is 31.8 Å². The van der Waals surface area contributed by atoms with Crippen LogP contribution in [0.15, 0.2) is 42.6 Å². The second-order valence-corrected chi connectivity index (χ2v) is 12.7. The summed E-state index contributed by atoms with van der Waals surface area (Å²) >= 11 is 2.22. The Balaban J connectivity index is 1.36. The standard InChI is InChI=1S/C30H38IN7O3/c1-18(2)17-38-28(41-7)23(16-32-38)33-27-22-11-9-20(15-25(22)37(6)35-27)30(4,40)13-12-29(3,39)19-8-10-21-24(14-19)36(5)34-26(21)31/h8-11,14-16,18,39-40H,12-13,17H2,1-7H3,(H,33,35). The normalized spacial score (nSPS) is 15.0. The molecule has 0 saturated heterocycles. The zero-order valence-electron chi connectivity index (χ0n) is 24.6. The van der Waals surface area contributed by atoms with Gasteiger partial charge in [0, 0.05) is 31.4 Å². The van der Waals surface area contributed by atoms with Crippen molar-refractivity contribution in [1.29, 1.82) is 0 Å². The van der Waals surface area contributed by atoms with E-state index >= 15 is 0 Å². The number of aromatic nitrogens is 6. The number of nitrogens with zero attached hydrogens (tertiary/aromatic N) is 6. The number of anilines is 2. The lowest BCUT2D eigenvalue weighted by molar-refractivity contribution is -0.00764. The van der Waals surface area contributed by atoms with Gasteiger partial charge in [-0.1, -0.05) is 26.0 Å². The number of hydrogen-bond donors (Lipinski definition) is 3. The van der Waals surface area contributed by atoms with E-state index < -0.39 is 11.2 Å². The number of methoxy groups -OCH3 is 1. The zero-order chi connectivity index (χ0) is 29.7. The molecule has 0 aliphatic rings. The molecule has 0 saturated carbocycles. The Bertz CT molecular complexity index is 1710. The average molecular weight is 672 g/mol. The molecular formula is C30H38IN7O3. The summed E-state index contributed by atoms with van der Waals surface area (Å²) in [7, 11) is 5.42. The molecule has 2 aromatic carbocycles. The van der Waals surface area contributed by atoms with Crippen molar-refractivity contribution in [2.24, 2.45) is 20.0 Å². The first-order valence-corrected chi connectivity index (χ1v) is 14.8. The second-order valence-electron chi connectivity index (χ2n) is 11.7. The highest BCUT2D eigenvalue weighted by atomic mass is 127. The molecule has 11 heteroatoms. The van der Waals surface area contributed by atoms with Gasteiger partial charge in [-0.25, -0.2) is 4.68 Å². The number of ether oxygens (including phenoxy) is 1. The number of rotatable bonds is 10. The summed E-state index contributed by atoms with van der Waals surface area (Å²) in [6.45, 7) is 8.60. The molecule has 0 aliphatic heterocycles. The van der Waals surface area contributed by atoms with E-state index in [1.165, 1.54) is 0 Å². The number of aliphatic hydroxyl groups is 2. The van der Waals surface area contributed by atoms with Crippen molar-refractivity contribution in [3.63, 3.8) is 0 Å². The van der Waals surface area contributed by atoms with Crippen molar-refractivity contribution in [2.45, 2.75) is 58.3 Å². The topological polar surface area (TPSA) is 115 Å². The van der Waals surface area contributed by atoms with Crippen LogP contribution < -0.4 is 10.1 Å². The van der Waals surface area contributed by atoms with E-state index in [1.54, 1.807) is 31.8 Å². The summed E-state index contributed by atoms with van der Waals surface area (Å²) in [5, 5.41) is 42.0. The predicted octanol–water partition coefficient (Wildman–Crippen LogP) is 5.56. The highest BCUT2D eigenvalue weighted by Gasteiger charge is 2.31. The Kier molecular flexibility index (Phi) is 7.81. The summed E-state index contributed by atoms with van der Waals surface area (Å²) in [6, 6.07) is 11.8. The Morgan fingerprint density at radius 2 is 1.49 bits per heavy atom. The van der Waals surface area contributed by atoms with Crippen LogP contribution in [0.5, 0.6) is 5.88 Å². The number of nitrogens with one attached hydrogen (secondary N) is 1. The molecule has 10 nitrogen and oxygen atoms in total. The van der Waals surface area contributed by atoms with E-state index in [0.717, 1.165) is 48.9 Å². The van der Waals surface area contributed by atoms with E-state index in [9.17, 15) is 10.2 Å². The SMILES string of the molecule is COc1c(Nc2nn(C)c3cc(C(C)(O)CCC(C)(O)c4ccc5c(I)nn(C)c5c4)ccc23)cnn1CC(C)C. The number of hydrogen-bond acceptors (Lipinski definition) is 7. The van der Waals surface area contributed by atoms with Gasteiger partial charge < -0.3 is 20.3 Å². The summed E-state index contributed by atoms with van der Waals surface area (Å²) < 4.78 is 12.0. The smallest absolute Gasteiger partial charge is 0.236 e. The van der Waals surface area contributed by atoms with Crippen molar-refractivity contribution >= 4 is 55.9 Å². The largest absolute Gasteiger partial charge is 0.480 e. The highest BCUT2D eigenvalue weighted by molar-refractivity contribution is 14.1. The molecule has 218 valence electrons. The Hall–Kier alpha value is -3.16. The summed E-state index contributed by atoms with van der Waals surface area (Å²) in [5.74, 6) is 1.76. The van der Waals surface area contributed by atoms with Gasteiger partial charge in [0.2, 0.25) is 5.88 Å². The minimum Gasteiger partial charge on any atom is -0.480 e. The molecule has 5 rings (SSSR count). The lowest BCUT2D eigenvalue weighted by Gasteiger charge is -2.30. The fraction of sp³-hybridized carbons (Fsp3) is 0.433. The van der Waals surface area contributed by atoms with E-state index in [2.05, 4.69) is 52.0 Å². The summed E-state index contributed by atoms with van der Waals surface area (Å²) in [5.41, 5.74) is 1.85. The van der Waals surface area contributed by atoms with E-state index in [0.29, 0.717) is 30.5 Å². The van der Waals surface area contributed by atoms with Gasteiger partial charge in [0.05, 0.1) is 35.5 Å². The van der Waals surface area contributed by atoms with Gasteiger partial charge in [-0.05, 0) is 90.6 Å². The summed E-state index contributed by atoms with van der Waals surface area (Å²) in [6.07, 6.45) is 2.48. The maximum absolute atomic E-state index is 11.6. The maximum atomic E-state index is 11.6. The molecule has 0 radical (unpaired) electrons. The van der Waals surface area contributed by atoms with Crippen molar-refractivity contribution in [1.82, 2.24) is 29.3 Å². The van der Waals surface area contributed by atoms with Crippen LogP contribution in [0.1, 0.15) is 51.7 Å². The van der Waals surface area contributed by atoms with E-state index in [4.69, 9.17) is 9.84 Å². The lowest BCUT2D eigenvalue weighted by Crippen LogP contribution is -2.28. The number of fused-ring (bicyclic) bond motifs is 2. The van der Waals surface area contributed by atoms with Crippen LogP contribution in [0.4, 0.5) is 11.5 Å². The molecule has 3 N–H and O–H groups in total. The molecule has 3 aromatic heterocycles. The van der Waals surface area contributed by atoms with Gasteiger partial charge in [0.1, 0.15) is 9.39 Å². The van der Waals surface area contributed by atoms with Crippen LogP contribution in [-0.4, -0.2) is 46.7 Å². The minimum atomic E-state index is -1.16. The van der Waals surface area contributed by atoms with E-state index in [-0.39, 0.29) is 0 Å². The second kappa shape index (κ2) is 10.9. The lowest BCUT2D eigenvalue weighted by atomic mass is 9.83. The molecule has 0 bridgehead atoms. The van der Waals surface area contributed by atoms with Crippen molar-refractivity contribution in [3.8, 4) is 5.88 Å². The predicted molar refractivity (Wildman–Crippen MR) is 169 cm³/mol. The van der Waals surface area contributed by atoms with Crippen LogP contribution in [0.25, 0.3) is 21.8 Å². The summed E-state index contributed by atoms with van der Waals surface area (Å²) in [4.78, 5) is 0. The van der Waals surface area contributed by atoms with Gasteiger partial charge in [-0.3, -0.25) is 9.36 Å². The monoisotopic (exact) mass is 671 g/mol. The van der Waals surface area contributed by atoms with Crippen LogP contribution in [0.3, 0.4) is 0 Å². The molecule has 5 aromatic rings. The van der Waals surface area contributed by atoms with Crippen LogP contribution >= 0.6 is 22.6 Å². The first kappa shape index (κ1) is 29.3. The molecule has 3 heterocycles. The van der Waals surface area contributed by atoms with Crippen molar-refractivity contribution < 1.29 is 14.9 Å². The van der Waals surface area contributed by atoms with Gasteiger partial charge in [-0.2, -0.15) is 15.3 Å². The van der Waals surface area contributed by atoms with E-state index in [1.807, 2.05) is 59.9 Å². The number of benzene rings is 2. The molecule has 2 atom stereocenters. The van der Waals surface area contributed by atoms with Crippen molar-refractivity contribution in [2.75, 3.05) is 12.4 Å². The molecule has 0 aliphatic carbocycles. The maximum Gasteiger partial charge on any atom is 0.236 e.